The monoisotopic (exact) mass is 559 g/mol. The highest BCUT2D eigenvalue weighted by Gasteiger charge is 2.33. The number of rotatable bonds is 11. The van der Waals surface area contributed by atoms with Crippen LogP contribution in [0.2, 0.25) is 5.02 Å². The summed E-state index contributed by atoms with van der Waals surface area (Å²) in [5.74, 6) is -1.49. The summed E-state index contributed by atoms with van der Waals surface area (Å²) in [4.78, 5) is 28.7. The van der Waals surface area contributed by atoms with Crippen LogP contribution in [0.5, 0.6) is 0 Å². The van der Waals surface area contributed by atoms with Gasteiger partial charge in [-0.2, -0.15) is 0 Å². The molecule has 0 fully saturated rings. The number of hydrogen-bond donors (Lipinski definition) is 1. The Morgan fingerprint density at radius 3 is 2.08 bits per heavy atom. The van der Waals surface area contributed by atoms with Crippen LogP contribution in [0.3, 0.4) is 0 Å². The van der Waals surface area contributed by atoms with E-state index in [1.54, 1.807) is 24.3 Å². The zero-order chi connectivity index (χ0) is 27.9. The Balaban J connectivity index is 2.04. The first-order chi connectivity index (χ1) is 17.9. The summed E-state index contributed by atoms with van der Waals surface area (Å²) in [5, 5.41) is 3.41. The number of nitrogens with zero attached hydrogens (tertiary/aromatic N) is 2. The minimum absolute atomic E-state index is 0.0417. The molecule has 7 nitrogen and oxygen atoms in total. The van der Waals surface area contributed by atoms with E-state index >= 15 is 0 Å². The van der Waals surface area contributed by atoms with Crippen LogP contribution in [0, 0.1) is 5.82 Å². The zero-order valence-electron chi connectivity index (χ0n) is 21.5. The van der Waals surface area contributed by atoms with Gasteiger partial charge in [0.2, 0.25) is 21.8 Å². The highest BCUT2D eigenvalue weighted by molar-refractivity contribution is 7.92. The molecule has 3 aromatic rings. The van der Waals surface area contributed by atoms with Crippen LogP contribution in [0.15, 0.2) is 78.9 Å². The van der Waals surface area contributed by atoms with E-state index < -0.39 is 34.3 Å². The molecule has 0 aliphatic rings. The molecule has 0 aliphatic heterocycles. The molecule has 0 spiro atoms. The second-order valence-electron chi connectivity index (χ2n) is 9.26. The average Bonchev–Trinajstić information content (AvgIpc) is 2.86. The molecule has 38 heavy (non-hydrogen) atoms. The fourth-order valence-electron chi connectivity index (χ4n) is 3.94. The lowest BCUT2D eigenvalue weighted by atomic mass is 10.0. The third-order valence-electron chi connectivity index (χ3n) is 5.76. The lowest BCUT2D eigenvalue weighted by Gasteiger charge is -2.34. The van der Waals surface area contributed by atoms with Crippen molar-refractivity contribution in [3.63, 3.8) is 0 Å². The number of anilines is 1. The predicted molar refractivity (Wildman–Crippen MR) is 148 cm³/mol. The van der Waals surface area contributed by atoms with Crippen molar-refractivity contribution in [1.29, 1.82) is 0 Å². The Hall–Kier alpha value is -3.43. The SMILES string of the molecule is CC(C)NC(=O)[C@H](Cc1ccccc1)N(Cc1ccc(Cl)cc1)C(=O)CN(c1ccc(F)cc1)S(C)(=O)=O. The van der Waals surface area contributed by atoms with Crippen LogP contribution >= 0.6 is 11.6 Å². The van der Waals surface area contributed by atoms with Crippen LogP contribution in [-0.2, 0) is 32.6 Å². The number of nitrogens with one attached hydrogen (secondary N) is 1. The molecular formula is C28H31ClFN3O4S. The molecule has 1 N–H and O–H groups in total. The molecule has 10 heteroatoms. The molecule has 0 aromatic heterocycles. The van der Waals surface area contributed by atoms with Gasteiger partial charge in [0.15, 0.2) is 0 Å². The van der Waals surface area contributed by atoms with Crippen molar-refractivity contribution >= 4 is 39.1 Å². The molecule has 0 unspecified atom stereocenters. The Labute approximate surface area is 228 Å². The molecule has 202 valence electrons. The van der Waals surface area contributed by atoms with Crippen LogP contribution in [-0.4, -0.2) is 50.0 Å². The second-order valence-corrected chi connectivity index (χ2v) is 11.6. The molecule has 1 atom stereocenters. The lowest BCUT2D eigenvalue weighted by Crippen LogP contribution is -2.54. The van der Waals surface area contributed by atoms with Crippen molar-refractivity contribution in [2.75, 3.05) is 17.1 Å². The van der Waals surface area contributed by atoms with Crippen molar-refractivity contribution in [3.05, 3.63) is 101 Å². The summed E-state index contributed by atoms with van der Waals surface area (Å²) in [6.07, 6.45) is 1.19. The van der Waals surface area contributed by atoms with Gasteiger partial charge in [-0.25, -0.2) is 12.8 Å². The topological polar surface area (TPSA) is 86.8 Å². The maximum Gasteiger partial charge on any atom is 0.244 e. The largest absolute Gasteiger partial charge is 0.352 e. The van der Waals surface area contributed by atoms with Crippen LogP contribution < -0.4 is 9.62 Å². The number of carbonyl (C=O) groups excluding carboxylic acids is 2. The van der Waals surface area contributed by atoms with Crippen molar-refractivity contribution in [2.24, 2.45) is 0 Å². The van der Waals surface area contributed by atoms with Crippen molar-refractivity contribution in [2.45, 2.75) is 38.9 Å². The Bertz CT molecular complexity index is 1330. The number of hydrogen-bond acceptors (Lipinski definition) is 4. The van der Waals surface area contributed by atoms with Gasteiger partial charge in [-0.05, 0) is 61.4 Å². The van der Waals surface area contributed by atoms with E-state index in [1.807, 2.05) is 44.2 Å². The smallest absolute Gasteiger partial charge is 0.244 e. The van der Waals surface area contributed by atoms with Gasteiger partial charge in [0.25, 0.3) is 0 Å². The van der Waals surface area contributed by atoms with Gasteiger partial charge in [0.05, 0.1) is 11.9 Å². The quantitative estimate of drug-likeness (QED) is 0.377. The van der Waals surface area contributed by atoms with Gasteiger partial charge in [-0.3, -0.25) is 13.9 Å². The summed E-state index contributed by atoms with van der Waals surface area (Å²) < 4.78 is 39.8. The van der Waals surface area contributed by atoms with Crippen molar-refractivity contribution < 1.29 is 22.4 Å². The first-order valence-electron chi connectivity index (χ1n) is 12.1. The summed E-state index contributed by atoms with van der Waals surface area (Å²) in [6.45, 7) is 3.11. The van der Waals surface area contributed by atoms with Crippen LogP contribution in [0.4, 0.5) is 10.1 Å². The highest BCUT2D eigenvalue weighted by atomic mass is 35.5. The molecule has 0 saturated heterocycles. The zero-order valence-corrected chi connectivity index (χ0v) is 23.0. The maximum absolute atomic E-state index is 13.9. The molecular weight excluding hydrogens is 529 g/mol. The summed E-state index contributed by atoms with van der Waals surface area (Å²) in [5.41, 5.74) is 1.69. The molecule has 0 radical (unpaired) electrons. The van der Waals surface area contributed by atoms with E-state index in [1.165, 1.54) is 17.0 Å². The minimum Gasteiger partial charge on any atom is -0.352 e. The van der Waals surface area contributed by atoms with E-state index in [0.29, 0.717) is 10.6 Å². The lowest BCUT2D eigenvalue weighted by molar-refractivity contribution is -0.140. The van der Waals surface area contributed by atoms with Gasteiger partial charge in [-0.15, -0.1) is 0 Å². The van der Waals surface area contributed by atoms with E-state index in [4.69, 9.17) is 11.6 Å². The minimum atomic E-state index is -3.92. The fourth-order valence-corrected chi connectivity index (χ4v) is 4.92. The summed E-state index contributed by atoms with van der Waals surface area (Å²) in [6, 6.07) is 19.8. The van der Waals surface area contributed by atoms with E-state index in [0.717, 1.165) is 28.3 Å². The Morgan fingerprint density at radius 2 is 1.53 bits per heavy atom. The highest BCUT2D eigenvalue weighted by Crippen LogP contribution is 2.21. The van der Waals surface area contributed by atoms with Gasteiger partial charge in [-0.1, -0.05) is 54.1 Å². The first kappa shape index (κ1) is 29.1. The second kappa shape index (κ2) is 12.9. The number of sulfonamides is 1. The first-order valence-corrected chi connectivity index (χ1v) is 14.3. The maximum atomic E-state index is 13.9. The third kappa shape index (κ3) is 8.29. The van der Waals surface area contributed by atoms with E-state index in [-0.39, 0.29) is 30.6 Å². The van der Waals surface area contributed by atoms with Crippen LogP contribution in [0.25, 0.3) is 0 Å². The molecule has 0 saturated carbocycles. The molecule has 0 aliphatic carbocycles. The van der Waals surface area contributed by atoms with Crippen molar-refractivity contribution in [3.8, 4) is 0 Å². The standard InChI is InChI=1S/C28H31ClFN3O4S/c1-20(2)31-28(35)26(17-21-7-5-4-6-8-21)32(18-22-9-11-23(29)12-10-22)27(34)19-33(38(3,36)37)25-15-13-24(30)14-16-25/h4-16,20,26H,17-19H2,1-3H3,(H,31,35)/t26-/m0/s1. The summed E-state index contributed by atoms with van der Waals surface area (Å²) in [7, 11) is -3.92. The normalized spacial score (nSPS) is 12.2. The molecule has 3 rings (SSSR count). The molecule has 0 heterocycles. The number of amides is 2. The Morgan fingerprint density at radius 1 is 0.921 bits per heavy atom. The molecule has 3 aromatic carbocycles. The third-order valence-corrected chi connectivity index (χ3v) is 7.15. The average molecular weight is 560 g/mol. The van der Waals surface area contributed by atoms with Crippen molar-refractivity contribution in [1.82, 2.24) is 10.2 Å². The van der Waals surface area contributed by atoms with Gasteiger partial charge in [0.1, 0.15) is 18.4 Å². The van der Waals surface area contributed by atoms with E-state index in [2.05, 4.69) is 5.32 Å². The summed E-state index contributed by atoms with van der Waals surface area (Å²) >= 11 is 6.04. The fraction of sp³-hybridized carbons (Fsp3) is 0.286. The predicted octanol–water partition coefficient (Wildman–Crippen LogP) is 4.41. The number of carbonyl (C=O) groups is 2. The van der Waals surface area contributed by atoms with Gasteiger partial charge < -0.3 is 10.2 Å². The number of benzene rings is 3. The van der Waals surface area contributed by atoms with Gasteiger partial charge >= 0.3 is 0 Å². The van der Waals surface area contributed by atoms with Gasteiger partial charge in [0, 0.05) is 24.0 Å². The Kier molecular flexibility index (Phi) is 9.88. The molecule has 0 bridgehead atoms. The number of halogens is 2. The van der Waals surface area contributed by atoms with E-state index in [9.17, 15) is 22.4 Å². The van der Waals surface area contributed by atoms with Crippen LogP contribution in [0.1, 0.15) is 25.0 Å². The molecule has 2 amide bonds.